The highest BCUT2D eigenvalue weighted by atomic mass is 19.1. The molecule has 0 aromatic heterocycles. The van der Waals surface area contributed by atoms with Crippen molar-refractivity contribution in [1.29, 1.82) is 0 Å². The summed E-state index contributed by atoms with van der Waals surface area (Å²) in [7, 11) is 0. The molecule has 2 aromatic rings. The Kier molecular flexibility index (Phi) is 3.22. The zero-order valence-corrected chi connectivity index (χ0v) is 11.3. The Hall–Kier alpha value is -2.27. The lowest BCUT2D eigenvalue weighted by atomic mass is 9.96. The third kappa shape index (κ3) is 2.29. The van der Waals surface area contributed by atoms with E-state index in [-0.39, 0.29) is 23.5 Å². The van der Waals surface area contributed by atoms with Crippen molar-refractivity contribution < 1.29 is 18.7 Å². The van der Waals surface area contributed by atoms with Gasteiger partial charge in [0, 0.05) is 5.69 Å². The van der Waals surface area contributed by atoms with Gasteiger partial charge >= 0.3 is 0 Å². The maximum atomic E-state index is 14.1. The third-order valence-corrected chi connectivity index (χ3v) is 3.66. The predicted octanol–water partition coefficient (Wildman–Crippen LogP) is 2.85. The van der Waals surface area contributed by atoms with Gasteiger partial charge in [0.15, 0.2) is 0 Å². The second kappa shape index (κ2) is 4.93. The molecule has 0 aliphatic carbocycles. The van der Waals surface area contributed by atoms with Crippen LogP contribution >= 0.6 is 0 Å². The molecule has 0 saturated heterocycles. The van der Waals surface area contributed by atoms with Crippen LogP contribution in [0.15, 0.2) is 30.3 Å². The average molecular weight is 289 g/mol. The molecule has 0 bridgehead atoms. The number of aliphatic hydroxyl groups is 1. The van der Waals surface area contributed by atoms with E-state index in [0.29, 0.717) is 16.8 Å². The second-order valence-electron chi connectivity index (χ2n) is 5.14. The highest BCUT2D eigenvalue weighted by Gasteiger charge is 2.24. The Balaban J connectivity index is 2.04. The van der Waals surface area contributed by atoms with Crippen molar-refractivity contribution in [1.82, 2.24) is 0 Å². The summed E-state index contributed by atoms with van der Waals surface area (Å²) in [5, 5.41) is 13.0. The summed E-state index contributed by atoms with van der Waals surface area (Å²) in [6, 6.07) is 7.24. The van der Waals surface area contributed by atoms with Gasteiger partial charge in [-0.1, -0.05) is 18.2 Å². The fourth-order valence-electron chi connectivity index (χ4n) is 2.51. The van der Waals surface area contributed by atoms with Crippen LogP contribution in [0.5, 0.6) is 0 Å². The molecular weight excluding hydrogens is 276 g/mol. The summed E-state index contributed by atoms with van der Waals surface area (Å²) in [4.78, 5) is 11.3. The lowest BCUT2D eigenvalue weighted by Crippen LogP contribution is -2.07. The number of carbonyl (C=O) groups is 1. The van der Waals surface area contributed by atoms with Gasteiger partial charge in [-0.25, -0.2) is 8.78 Å². The van der Waals surface area contributed by atoms with Crippen LogP contribution in [0.4, 0.5) is 14.5 Å². The van der Waals surface area contributed by atoms with Gasteiger partial charge < -0.3 is 10.4 Å². The Morgan fingerprint density at radius 2 is 2.00 bits per heavy atom. The van der Waals surface area contributed by atoms with Gasteiger partial charge in [-0.3, -0.25) is 4.79 Å². The molecule has 0 saturated carbocycles. The molecule has 1 heterocycles. The number of nitrogens with one attached hydrogen (secondary N) is 1. The number of fused-ring (bicyclic) bond motifs is 1. The summed E-state index contributed by atoms with van der Waals surface area (Å²) in [5.41, 5.74) is 1.63. The standard InChI is InChI=1S/C16H13F2NO2/c1-8-2-4-11(17)14(15(8)18)16(21)9-3-5-12-10(6-9)7-13(20)19-12/h2-6,16,21H,7H2,1H3,(H,19,20). The second-order valence-corrected chi connectivity index (χ2v) is 5.14. The fraction of sp³-hybridized carbons (Fsp3) is 0.188. The van der Waals surface area contributed by atoms with Crippen molar-refractivity contribution in [3.05, 3.63) is 64.2 Å². The first kappa shape index (κ1) is 13.7. The van der Waals surface area contributed by atoms with Gasteiger partial charge in [-0.2, -0.15) is 0 Å². The number of amides is 1. The van der Waals surface area contributed by atoms with Crippen LogP contribution in [0.25, 0.3) is 0 Å². The summed E-state index contributed by atoms with van der Waals surface area (Å²) >= 11 is 0. The lowest BCUT2D eigenvalue weighted by Gasteiger charge is -2.15. The van der Waals surface area contributed by atoms with E-state index in [0.717, 1.165) is 6.07 Å². The number of rotatable bonds is 2. The molecule has 1 atom stereocenters. The molecule has 5 heteroatoms. The monoisotopic (exact) mass is 289 g/mol. The number of carbonyl (C=O) groups excluding carboxylic acids is 1. The smallest absolute Gasteiger partial charge is 0.228 e. The van der Waals surface area contributed by atoms with E-state index in [9.17, 15) is 18.7 Å². The zero-order chi connectivity index (χ0) is 15.1. The van der Waals surface area contributed by atoms with Crippen molar-refractivity contribution in [2.24, 2.45) is 0 Å². The van der Waals surface area contributed by atoms with Crippen molar-refractivity contribution in [3.63, 3.8) is 0 Å². The van der Waals surface area contributed by atoms with Crippen LogP contribution in [0.3, 0.4) is 0 Å². The first-order valence-electron chi connectivity index (χ1n) is 6.52. The van der Waals surface area contributed by atoms with Crippen molar-refractivity contribution in [2.45, 2.75) is 19.4 Å². The normalized spacial score (nSPS) is 14.8. The van der Waals surface area contributed by atoms with Crippen LogP contribution in [-0.2, 0) is 11.2 Å². The minimum atomic E-state index is -1.41. The first-order valence-corrected chi connectivity index (χ1v) is 6.52. The van der Waals surface area contributed by atoms with Gasteiger partial charge in [0.25, 0.3) is 0 Å². The van der Waals surface area contributed by atoms with Crippen LogP contribution in [0, 0.1) is 18.6 Å². The Labute approximate surface area is 120 Å². The predicted molar refractivity (Wildman–Crippen MR) is 73.9 cm³/mol. The van der Waals surface area contributed by atoms with E-state index in [2.05, 4.69) is 5.32 Å². The van der Waals surface area contributed by atoms with Crippen LogP contribution in [0.1, 0.15) is 28.4 Å². The molecular formula is C16H13F2NO2. The summed E-state index contributed by atoms with van der Waals surface area (Å²) in [5.74, 6) is -1.68. The van der Waals surface area contributed by atoms with Gasteiger partial charge in [0.1, 0.15) is 17.7 Å². The van der Waals surface area contributed by atoms with Gasteiger partial charge in [0.2, 0.25) is 5.91 Å². The SMILES string of the molecule is Cc1ccc(F)c(C(O)c2ccc3c(c2)CC(=O)N3)c1F. The van der Waals surface area contributed by atoms with E-state index >= 15 is 0 Å². The van der Waals surface area contributed by atoms with Crippen molar-refractivity contribution >= 4 is 11.6 Å². The molecule has 1 aliphatic heterocycles. The molecule has 0 fully saturated rings. The number of aliphatic hydroxyl groups excluding tert-OH is 1. The number of hydrogen-bond acceptors (Lipinski definition) is 2. The van der Waals surface area contributed by atoms with E-state index in [1.54, 1.807) is 18.2 Å². The highest BCUT2D eigenvalue weighted by molar-refractivity contribution is 5.99. The molecule has 3 nitrogen and oxygen atoms in total. The average Bonchev–Trinajstić information content (AvgIpc) is 2.82. The molecule has 2 aromatic carbocycles. The summed E-state index contributed by atoms with van der Waals surface area (Å²) in [6.45, 7) is 1.51. The van der Waals surface area contributed by atoms with Gasteiger partial charge in [0.05, 0.1) is 12.0 Å². The minimum Gasteiger partial charge on any atom is -0.383 e. The topological polar surface area (TPSA) is 49.3 Å². The highest BCUT2D eigenvalue weighted by Crippen LogP contribution is 2.32. The Morgan fingerprint density at radius 3 is 2.76 bits per heavy atom. The van der Waals surface area contributed by atoms with E-state index in [1.807, 2.05) is 0 Å². The molecule has 1 unspecified atom stereocenters. The molecule has 3 rings (SSSR count). The molecule has 0 spiro atoms. The van der Waals surface area contributed by atoms with E-state index < -0.39 is 17.7 Å². The zero-order valence-electron chi connectivity index (χ0n) is 11.3. The van der Waals surface area contributed by atoms with E-state index in [1.165, 1.54) is 13.0 Å². The van der Waals surface area contributed by atoms with Crippen LogP contribution in [0.2, 0.25) is 0 Å². The molecule has 108 valence electrons. The van der Waals surface area contributed by atoms with Crippen LogP contribution in [-0.4, -0.2) is 11.0 Å². The number of aryl methyl sites for hydroxylation is 1. The molecule has 1 amide bonds. The molecule has 0 radical (unpaired) electrons. The van der Waals surface area contributed by atoms with Gasteiger partial charge in [-0.05, 0) is 35.7 Å². The Bertz CT molecular complexity index is 743. The molecule has 1 aliphatic rings. The van der Waals surface area contributed by atoms with Gasteiger partial charge in [-0.15, -0.1) is 0 Å². The fourth-order valence-corrected chi connectivity index (χ4v) is 2.51. The summed E-state index contributed by atoms with van der Waals surface area (Å²) in [6.07, 6.45) is -1.21. The minimum absolute atomic E-state index is 0.135. The number of hydrogen-bond donors (Lipinski definition) is 2. The Morgan fingerprint density at radius 1 is 1.24 bits per heavy atom. The first-order chi connectivity index (χ1) is 9.97. The number of benzene rings is 2. The molecule has 21 heavy (non-hydrogen) atoms. The maximum absolute atomic E-state index is 14.1. The lowest BCUT2D eigenvalue weighted by molar-refractivity contribution is -0.115. The third-order valence-electron chi connectivity index (χ3n) is 3.66. The largest absolute Gasteiger partial charge is 0.383 e. The van der Waals surface area contributed by atoms with Crippen molar-refractivity contribution in [2.75, 3.05) is 5.32 Å². The van der Waals surface area contributed by atoms with Crippen LogP contribution < -0.4 is 5.32 Å². The number of anilines is 1. The summed E-state index contributed by atoms with van der Waals surface area (Å²) < 4.78 is 27.9. The maximum Gasteiger partial charge on any atom is 0.228 e. The van der Waals surface area contributed by atoms with Crippen molar-refractivity contribution in [3.8, 4) is 0 Å². The van der Waals surface area contributed by atoms with E-state index in [4.69, 9.17) is 0 Å². The quantitative estimate of drug-likeness (QED) is 0.893. The molecule has 2 N–H and O–H groups in total. The number of halogens is 2.